The first-order valence-electron chi connectivity index (χ1n) is 8.64. The summed E-state index contributed by atoms with van der Waals surface area (Å²) in [6.07, 6.45) is 4.04. The fourth-order valence-corrected chi connectivity index (χ4v) is 3.57. The van der Waals surface area contributed by atoms with Gasteiger partial charge in [0.15, 0.2) is 0 Å². The molecule has 2 heteroatoms. The molecule has 1 fully saturated rings. The predicted molar refractivity (Wildman–Crippen MR) is 91.8 cm³/mol. The van der Waals surface area contributed by atoms with Gasteiger partial charge in [-0.3, -0.25) is 4.90 Å². The molecule has 1 aliphatic rings. The van der Waals surface area contributed by atoms with Crippen LogP contribution < -0.4 is 5.32 Å². The van der Waals surface area contributed by atoms with Crippen LogP contribution in [0.3, 0.4) is 0 Å². The van der Waals surface area contributed by atoms with Gasteiger partial charge in [0, 0.05) is 6.04 Å². The third kappa shape index (κ3) is 4.31. The molecule has 1 aromatic rings. The summed E-state index contributed by atoms with van der Waals surface area (Å²) >= 11 is 0. The van der Waals surface area contributed by atoms with Crippen molar-refractivity contribution >= 4 is 0 Å². The predicted octanol–water partition coefficient (Wildman–Crippen LogP) is 4.19. The maximum atomic E-state index is 3.57. The molecule has 2 nitrogen and oxygen atoms in total. The molecule has 0 aliphatic carbocycles. The van der Waals surface area contributed by atoms with Crippen LogP contribution in [0.1, 0.15) is 63.1 Å². The van der Waals surface area contributed by atoms with Crippen molar-refractivity contribution in [2.75, 3.05) is 26.7 Å². The zero-order chi connectivity index (χ0) is 15.2. The number of rotatable bonds is 5. The van der Waals surface area contributed by atoms with Crippen LogP contribution in [-0.2, 0) is 0 Å². The minimum absolute atomic E-state index is 0.563. The van der Waals surface area contributed by atoms with Gasteiger partial charge in [-0.15, -0.1) is 0 Å². The SMILES string of the molecule is CCNCC1CCCCN(C)C1c1ccc(C(C)C)cc1. The van der Waals surface area contributed by atoms with Crippen molar-refractivity contribution in [3.05, 3.63) is 35.4 Å². The molecule has 118 valence electrons. The normalized spacial score (nSPS) is 24.2. The van der Waals surface area contributed by atoms with E-state index in [1.165, 1.54) is 36.9 Å². The van der Waals surface area contributed by atoms with Crippen LogP contribution in [0.2, 0.25) is 0 Å². The Labute approximate surface area is 130 Å². The highest BCUT2D eigenvalue weighted by Crippen LogP contribution is 2.34. The van der Waals surface area contributed by atoms with E-state index in [-0.39, 0.29) is 0 Å². The van der Waals surface area contributed by atoms with E-state index in [1.807, 2.05) is 0 Å². The van der Waals surface area contributed by atoms with Gasteiger partial charge in [0.05, 0.1) is 0 Å². The standard InChI is InChI=1S/C19H32N2/c1-5-20-14-18-8-6-7-13-21(4)19(18)17-11-9-16(10-12-17)15(2)3/h9-12,15,18-20H,5-8,13-14H2,1-4H3. The van der Waals surface area contributed by atoms with Gasteiger partial charge >= 0.3 is 0 Å². The van der Waals surface area contributed by atoms with E-state index < -0.39 is 0 Å². The van der Waals surface area contributed by atoms with Crippen LogP contribution in [-0.4, -0.2) is 31.6 Å². The van der Waals surface area contributed by atoms with Crippen LogP contribution in [0.4, 0.5) is 0 Å². The van der Waals surface area contributed by atoms with Crippen molar-refractivity contribution in [2.45, 2.75) is 52.0 Å². The van der Waals surface area contributed by atoms with Crippen molar-refractivity contribution in [2.24, 2.45) is 5.92 Å². The van der Waals surface area contributed by atoms with E-state index >= 15 is 0 Å². The van der Waals surface area contributed by atoms with Crippen LogP contribution >= 0.6 is 0 Å². The Morgan fingerprint density at radius 2 is 1.90 bits per heavy atom. The summed E-state index contributed by atoms with van der Waals surface area (Å²) in [5.41, 5.74) is 2.94. The molecule has 1 aliphatic heterocycles. The fraction of sp³-hybridized carbons (Fsp3) is 0.684. The van der Waals surface area contributed by atoms with Gasteiger partial charge in [0.1, 0.15) is 0 Å². The second kappa shape index (κ2) is 7.95. The number of hydrogen-bond acceptors (Lipinski definition) is 2. The summed E-state index contributed by atoms with van der Waals surface area (Å²) in [4.78, 5) is 2.57. The molecule has 1 heterocycles. The number of nitrogens with zero attached hydrogens (tertiary/aromatic N) is 1. The van der Waals surface area contributed by atoms with Crippen LogP contribution in [0.25, 0.3) is 0 Å². The van der Waals surface area contributed by atoms with Gasteiger partial charge in [-0.05, 0) is 62.5 Å². The van der Waals surface area contributed by atoms with Crippen molar-refractivity contribution in [1.29, 1.82) is 0 Å². The minimum atomic E-state index is 0.563. The number of hydrogen-bond donors (Lipinski definition) is 1. The summed E-state index contributed by atoms with van der Waals surface area (Å²) in [5, 5.41) is 3.57. The summed E-state index contributed by atoms with van der Waals surface area (Å²) in [7, 11) is 2.30. The summed E-state index contributed by atoms with van der Waals surface area (Å²) < 4.78 is 0. The Hall–Kier alpha value is -0.860. The lowest BCUT2D eigenvalue weighted by atomic mass is 9.88. The van der Waals surface area contributed by atoms with E-state index in [4.69, 9.17) is 0 Å². The summed E-state index contributed by atoms with van der Waals surface area (Å²) in [6.45, 7) is 10.2. The maximum Gasteiger partial charge on any atom is 0.0385 e. The van der Waals surface area contributed by atoms with E-state index in [1.54, 1.807) is 0 Å². The minimum Gasteiger partial charge on any atom is -0.317 e. The van der Waals surface area contributed by atoms with Crippen LogP contribution in [0.15, 0.2) is 24.3 Å². The Morgan fingerprint density at radius 1 is 1.19 bits per heavy atom. The molecule has 0 aromatic heterocycles. The molecule has 0 saturated carbocycles. The number of benzene rings is 1. The molecule has 0 spiro atoms. The molecule has 1 N–H and O–H groups in total. The van der Waals surface area contributed by atoms with Crippen molar-refractivity contribution in [3.63, 3.8) is 0 Å². The quantitative estimate of drug-likeness (QED) is 0.874. The smallest absolute Gasteiger partial charge is 0.0385 e. The first kappa shape index (κ1) is 16.5. The zero-order valence-electron chi connectivity index (χ0n) is 14.2. The highest BCUT2D eigenvalue weighted by Gasteiger charge is 2.28. The van der Waals surface area contributed by atoms with E-state index in [0.717, 1.165) is 19.0 Å². The third-order valence-electron chi connectivity index (χ3n) is 4.86. The van der Waals surface area contributed by atoms with Gasteiger partial charge in [0.2, 0.25) is 0 Å². The zero-order valence-corrected chi connectivity index (χ0v) is 14.2. The average molecular weight is 288 g/mol. The molecule has 0 bridgehead atoms. The molecule has 2 atom stereocenters. The second-order valence-corrected chi connectivity index (χ2v) is 6.81. The average Bonchev–Trinajstić information content (AvgIpc) is 2.66. The summed E-state index contributed by atoms with van der Waals surface area (Å²) in [5.74, 6) is 1.34. The number of nitrogens with one attached hydrogen (secondary N) is 1. The van der Waals surface area contributed by atoms with Crippen molar-refractivity contribution in [3.8, 4) is 0 Å². The third-order valence-corrected chi connectivity index (χ3v) is 4.86. The molecule has 2 rings (SSSR count). The second-order valence-electron chi connectivity index (χ2n) is 6.81. The van der Waals surface area contributed by atoms with Gasteiger partial charge in [-0.25, -0.2) is 0 Å². The lowest BCUT2D eigenvalue weighted by Crippen LogP contribution is -2.34. The van der Waals surface area contributed by atoms with Crippen LogP contribution in [0.5, 0.6) is 0 Å². The van der Waals surface area contributed by atoms with Crippen molar-refractivity contribution < 1.29 is 0 Å². The lowest BCUT2D eigenvalue weighted by molar-refractivity contribution is 0.189. The van der Waals surface area contributed by atoms with Crippen LogP contribution in [0, 0.1) is 5.92 Å². The van der Waals surface area contributed by atoms with E-state index in [2.05, 4.69) is 62.3 Å². The molecule has 21 heavy (non-hydrogen) atoms. The highest BCUT2D eigenvalue weighted by atomic mass is 15.1. The lowest BCUT2D eigenvalue weighted by Gasteiger charge is -2.33. The maximum absolute atomic E-state index is 3.57. The van der Waals surface area contributed by atoms with Gasteiger partial charge in [-0.1, -0.05) is 51.5 Å². The van der Waals surface area contributed by atoms with E-state index in [9.17, 15) is 0 Å². The highest BCUT2D eigenvalue weighted by molar-refractivity contribution is 5.27. The Morgan fingerprint density at radius 3 is 2.52 bits per heavy atom. The molecular weight excluding hydrogens is 256 g/mol. The first-order valence-corrected chi connectivity index (χ1v) is 8.64. The number of likely N-dealkylation sites (tertiary alicyclic amines) is 1. The summed E-state index contributed by atoms with van der Waals surface area (Å²) in [6, 6.07) is 9.93. The van der Waals surface area contributed by atoms with Gasteiger partial charge in [-0.2, -0.15) is 0 Å². The molecule has 0 amide bonds. The van der Waals surface area contributed by atoms with Gasteiger partial charge in [0.25, 0.3) is 0 Å². The monoisotopic (exact) mass is 288 g/mol. The molecule has 2 unspecified atom stereocenters. The molecular formula is C19H32N2. The van der Waals surface area contributed by atoms with E-state index in [0.29, 0.717) is 12.0 Å². The van der Waals surface area contributed by atoms with Crippen molar-refractivity contribution in [1.82, 2.24) is 10.2 Å². The van der Waals surface area contributed by atoms with Gasteiger partial charge < -0.3 is 5.32 Å². The molecule has 1 saturated heterocycles. The molecule has 0 radical (unpaired) electrons. The molecule has 1 aromatic carbocycles. The topological polar surface area (TPSA) is 15.3 Å². The fourth-order valence-electron chi connectivity index (χ4n) is 3.57. The Bertz CT molecular complexity index is 410. The Kier molecular flexibility index (Phi) is 6.25. The Balaban J connectivity index is 2.20. The first-order chi connectivity index (χ1) is 10.1. The largest absolute Gasteiger partial charge is 0.317 e.